The maximum absolute atomic E-state index is 13.3. The summed E-state index contributed by atoms with van der Waals surface area (Å²) in [7, 11) is 0. The number of carbonyl (C=O) groups is 4. The fourth-order valence-electron chi connectivity index (χ4n) is 7.49. The number of benzene rings is 2. The molecule has 2 aromatic carbocycles. The van der Waals surface area contributed by atoms with E-state index in [4.69, 9.17) is 9.47 Å². The van der Waals surface area contributed by atoms with E-state index in [2.05, 4.69) is 27.7 Å². The third-order valence-corrected chi connectivity index (χ3v) is 11.0. The minimum absolute atomic E-state index is 0.0988. The average molecular weight is 837 g/mol. The van der Waals surface area contributed by atoms with Gasteiger partial charge in [0.2, 0.25) is 0 Å². The number of aromatic carboxylic acids is 2. The topological polar surface area (TPSA) is 127 Å². The lowest BCUT2D eigenvalue weighted by Gasteiger charge is -2.36. The van der Waals surface area contributed by atoms with Gasteiger partial charge in [-0.2, -0.15) is 0 Å². The lowest BCUT2D eigenvalue weighted by atomic mass is 9.71. The maximum atomic E-state index is 13.3. The third-order valence-electron chi connectivity index (χ3n) is 11.0. The summed E-state index contributed by atoms with van der Waals surface area (Å²) in [4.78, 5) is 49.4. The first-order chi connectivity index (χ1) is 29.2. The number of allylic oxidation sites excluding steroid dienone is 20. The predicted molar refractivity (Wildman–Crippen MR) is 249 cm³/mol. The molecule has 4 rings (SSSR count). The second-order valence-corrected chi connectivity index (χ2v) is 17.3. The monoisotopic (exact) mass is 836 g/mol. The Bertz CT molecular complexity index is 2240. The molecule has 324 valence electrons. The normalized spacial score (nSPS) is 20.5. The van der Waals surface area contributed by atoms with Gasteiger partial charge in [0.15, 0.2) is 23.8 Å². The van der Waals surface area contributed by atoms with Crippen molar-refractivity contribution in [1.29, 1.82) is 0 Å². The van der Waals surface area contributed by atoms with Crippen LogP contribution < -0.4 is 9.47 Å². The van der Waals surface area contributed by atoms with E-state index in [0.29, 0.717) is 35.5 Å². The molecule has 2 aliphatic carbocycles. The number of Topliss-reactive ketones (excluding diaryl/α,β-unsaturated/α-hetero) is 2. The van der Waals surface area contributed by atoms with E-state index in [9.17, 15) is 29.4 Å². The molecule has 0 aromatic heterocycles. The van der Waals surface area contributed by atoms with E-state index in [-0.39, 0.29) is 33.5 Å². The highest BCUT2D eigenvalue weighted by molar-refractivity contribution is 6.01. The summed E-state index contributed by atoms with van der Waals surface area (Å²) in [5, 5.41) is 18.6. The summed E-state index contributed by atoms with van der Waals surface area (Å²) in [6.07, 6.45) is 27.8. The number of carboxylic acid groups (broad SMARTS) is 2. The first-order valence-corrected chi connectivity index (χ1v) is 20.8. The molecular formula is C54H60O8. The molecule has 2 aliphatic rings. The molecule has 8 nitrogen and oxygen atoms in total. The van der Waals surface area contributed by atoms with Gasteiger partial charge in [0, 0.05) is 12.8 Å². The molecule has 0 aliphatic heterocycles. The van der Waals surface area contributed by atoms with Gasteiger partial charge >= 0.3 is 11.9 Å². The molecule has 2 unspecified atom stereocenters. The summed E-state index contributed by atoms with van der Waals surface area (Å²) in [6.45, 7) is 20.1. The van der Waals surface area contributed by atoms with Gasteiger partial charge in [-0.1, -0.05) is 147 Å². The van der Waals surface area contributed by atoms with Crippen molar-refractivity contribution in [3.8, 4) is 11.5 Å². The van der Waals surface area contributed by atoms with Crippen molar-refractivity contribution in [3.63, 3.8) is 0 Å². The van der Waals surface area contributed by atoms with Gasteiger partial charge in [-0.05, 0) is 111 Å². The maximum Gasteiger partial charge on any atom is 0.335 e. The molecule has 2 N–H and O–H groups in total. The van der Waals surface area contributed by atoms with Gasteiger partial charge in [-0.25, -0.2) is 9.59 Å². The van der Waals surface area contributed by atoms with Crippen molar-refractivity contribution >= 4 is 23.5 Å². The van der Waals surface area contributed by atoms with Crippen LogP contribution >= 0.6 is 0 Å². The average Bonchev–Trinajstić information content (AvgIpc) is 3.20. The second kappa shape index (κ2) is 21.3. The lowest BCUT2D eigenvalue weighted by molar-refractivity contribution is -0.124. The van der Waals surface area contributed by atoms with Crippen LogP contribution in [-0.2, 0) is 9.59 Å². The Labute approximate surface area is 367 Å². The zero-order chi connectivity index (χ0) is 45.8. The van der Waals surface area contributed by atoms with Gasteiger partial charge in [0.25, 0.3) is 0 Å². The summed E-state index contributed by atoms with van der Waals surface area (Å²) in [6, 6.07) is 12.4. The van der Waals surface area contributed by atoms with Gasteiger partial charge in [0.1, 0.15) is 11.5 Å². The number of ether oxygens (including phenoxy) is 2. The molecule has 62 heavy (non-hydrogen) atoms. The van der Waals surface area contributed by atoms with Crippen LogP contribution in [-0.4, -0.2) is 45.9 Å². The van der Waals surface area contributed by atoms with E-state index in [1.807, 2.05) is 127 Å². The molecule has 0 saturated heterocycles. The van der Waals surface area contributed by atoms with Gasteiger partial charge in [-0.15, -0.1) is 0 Å². The third kappa shape index (κ3) is 13.5. The molecule has 2 aromatic rings. The van der Waals surface area contributed by atoms with E-state index in [0.717, 1.165) is 33.4 Å². The van der Waals surface area contributed by atoms with Crippen LogP contribution in [0.4, 0.5) is 0 Å². The van der Waals surface area contributed by atoms with Crippen molar-refractivity contribution in [2.45, 2.75) is 94.3 Å². The van der Waals surface area contributed by atoms with Crippen LogP contribution in [0.5, 0.6) is 11.5 Å². The van der Waals surface area contributed by atoms with E-state index < -0.39 is 24.1 Å². The Morgan fingerprint density at radius 2 is 0.903 bits per heavy atom. The van der Waals surface area contributed by atoms with Crippen molar-refractivity contribution in [3.05, 3.63) is 189 Å². The van der Waals surface area contributed by atoms with E-state index >= 15 is 0 Å². The fraction of sp³-hybridized carbons (Fsp3) is 0.296. The molecule has 0 amide bonds. The molecular weight excluding hydrogens is 777 g/mol. The van der Waals surface area contributed by atoms with Crippen LogP contribution in [0.3, 0.4) is 0 Å². The van der Waals surface area contributed by atoms with Crippen LogP contribution in [0.15, 0.2) is 178 Å². The molecule has 0 heterocycles. The van der Waals surface area contributed by atoms with Crippen molar-refractivity contribution < 1.29 is 38.9 Å². The molecule has 0 saturated carbocycles. The Morgan fingerprint density at radius 3 is 1.26 bits per heavy atom. The van der Waals surface area contributed by atoms with Crippen LogP contribution in [0, 0.1) is 10.8 Å². The smallest absolute Gasteiger partial charge is 0.335 e. The number of hydrogen-bond donors (Lipinski definition) is 2. The van der Waals surface area contributed by atoms with Gasteiger partial charge in [-0.3, -0.25) is 9.59 Å². The van der Waals surface area contributed by atoms with Crippen molar-refractivity contribution in [2.75, 3.05) is 0 Å². The Hall–Kier alpha value is -6.54. The van der Waals surface area contributed by atoms with Crippen LogP contribution in [0.2, 0.25) is 0 Å². The Balaban J connectivity index is 1.30. The predicted octanol–water partition coefficient (Wildman–Crippen LogP) is 12.5. The summed E-state index contributed by atoms with van der Waals surface area (Å²) in [5.74, 6) is -1.56. The standard InChI is InChI=1S/C54H60O8/c1-35(19-13-21-37(3)27-29-45-39(5)49(55)47(33-53(45,7)8)61-43-25-15-23-41(31-43)51(57)58)17-11-12-18-36(2)20-14-22-38(4)28-30-46-40(6)50(56)48(34-54(46,9)10)62-44-26-16-24-42(32-44)52(59)60/h11-32,47-48H,33-34H2,1-10H3,(H,57,58)(H,59,60)/b12-11+,19-13+,20-14+,29-27+,30-28+,35-17+,36-18+,37-21+,38-22+. The molecule has 0 spiro atoms. The number of ketones is 2. The highest BCUT2D eigenvalue weighted by Crippen LogP contribution is 2.42. The number of rotatable bonds is 16. The second-order valence-electron chi connectivity index (χ2n) is 17.3. The quantitative estimate of drug-likeness (QED) is 0.160. The molecule has 0 bridgehead atoms. The minimum atomic E-state index is -1.05. The van der Waals surface area contributed by atoms with Gasteiger partial charge in [0.05, 0.1) is 11.1 Å². The largest absolute Gasteiger partial charge is 0.482 e. The SMILES string of the molecule is CC1=C(/C=C/C(C)=C/C=C/C(C)=C/C=C/C=C(C)/C=C/C=C(C)/C=C/C2=C(C)C(=O)C(Oc3cccc(C(=O)O)c3)CC2(C)C)C(C)(C)CC(Oc2cccc(C(=O)O)c2)C1=O. The number of carbonyl (C=O) groups excluding carboxylic acids is 2. The Kier molecular flexibility index (Phi) is 16.5. The first-order valence-electron chi connectivity index (χ1n) is 20.8. The highest BCUT2D eigenvalue weighted by atomic mass is 16.5. The minimum Gasteiger partial charge on any atom is -0.482 e. The lowest BCUT2D eigenvalue weighted by Crippen LogP contribution is -2.39. The summed E-state index contributed by atoms with van der Waals surface area (Å²) >= 11 is 0. The van der Waals surface area contributed by atoms with Crippen LogP contribution in [0.25, 0.3) is 0 Å². The molecule has 8 heteroatoms. The fourth-order valence-corrected chi connectivity index (χ4v) is 7.49. The Morgan fingerprint density at radius 1 is 0.565 bits per heavy atom. The zero-order valence-corrected chi connectivity index (χ0v) is 37.6. The zero-order valence-electron chi connectivity index (χ0n) is 37.6. The number of carboxylic acids is 2. The van der Waals surface area contributed by atoms with Crippen LogP contribution in [0.1, 0.15) is 103 Å². The molecule has 0 fully saturated rings. The molecule has 0 radical (unpaired) electrons. The van der Waals surface area contributed by atoms with E-state index in [1.54, 1.807) is 24.3 Å². The highest BCUT2D eigenvalue weighted by Gasteiger charge is 2.40. The first kappa shape index (κ1) is 48.1. The van der Waals surface area contributed by atoms with Crippen molar-refractivity contribution in [1.82, 2.24) is 0 Å². The van der Waals surface area contributed by atoms with Crippen molar-refractivity contribution in [2.24, 2.45) is 10.8 Å². The summed E-state index contributed by atoms with van der Waals surface area (Å²) in [5.41, 5.74) is 7.00. The van der Waals surface area contributed by atoms with E-state index in [1.165, 1.54) is 24.3 Å². The van der Waals surface area contributed by atoms with Gasteiger partial charge < -0.3 is 19.7 Å². The summed E-state index contributed by atoms with van der Waals surface area (Å²) < 4.78 is 12.0. The number of hydrogen-bond acceptors (Lipinski definition) is 6. The molecule has 2 atom stereocenters.